The summed E-state index contributed by atoms with van der Waals surface area (Å²) in [5, 5.41) is 6.34. The van der Waals surface area contributed by atoms with Gasteiger partial charge in [-0.25, -0.2) is 0 Å². The van der Waals surface area contributed by atoms with E-state index in [-0.39, 0.29) is 11.3 Å². The smallest absolute Gasteiger partial charge is 0.257 e. The zero-order valence-electron chi connectivity index (χ0n) is 15.7. The molecule has 3 nitrogen and oxygen atoms in total. The highest BCUT2D eigenvalue weighted by Crippen LogP contribution is 2.27. The van der Waals surface area contributed by atoms with E-state index in [2.05, 4.69) is 37.5 Å². The molecule has 0 aliphatic heterocycles. The fraction of sp³-hybridized carbons (Fsp3) is 0.364. The summed E-state index contributed by atoms with van der Waals surface area (Å²) in [6.07, 6.45) is 4.61. The molecule has 0 aromatic heterocycles. The lowest BCUT2D eigenvalue weighted by atomic mass is 9.87. The maximum atomic E-state index is 12.5. The second-order valence-corrected chi connectivity index (χ2v) is 8.29. The Morgan fingerprint density at radius 1 is 1.00 bits per heavy atom. The van der Waals surface area contributed by atoms with Crippen LogP contribution in [-0.4, -0.2) is 11.0 Å². The first-order valence-electron chi connectivity index (χ1n) is 9.18. The molecular weight excluding hydrogens is 340 g/mol. The molecule has 1 aliphatic carbocycles. The van der Waals surface area contributed by atoms with Crippen LogP contribution in [0.5, 0.6) is 0 Å². The predicted molar refractivity (Wildman–Crippen MR) is 112 cm³/mol. The Morgan fingerprint density at radius 2 is 1.69 bits per heavy atom. The van der Waals surface area contributed by atoms with Gasteiger partial charge in [0.1, 0.15) is 0 Å². The van der Waals surface area contributed by atoms with Crippen LogP contribution in [0.3, 0.4) is 0 Å². The van der Waals surface area contributed by atoms with Crippen molar-refractivity contribution in [3.63, 3.8) is 0 Å². The largest absolute Gasteiger partial charge is 0.332 e. The fourth-order valence-corrected chi connectivity index (χ4v) is 3.55. The van der Waals surface area contributed by atoms with Gasteiger partial charge in [-0.2, -0.15) is 0 Å². The third-order valence-electron chi connectivity index (χ3n) is 4.88. The van der Waals surface area contributed by atoms with Crippen molar-refractivity contribution in [3.05, 3.63) is 64.7 Å². The minimum absolute atomic E-state index is 0.0677. The predicted octanol–water partition coefficient (Wildman–Crippen LogP) is 4.99. The van der Waals surface area contributed by atoms with Crippen LogP contribution >= 0.6 is 12.2 Å². The number of carbonyl (C=O) groups excluding carboxylic acids is 1. The zero-order chi connectivity index (χ0) is 18.7. The number of rotatable bonds is 2. The summed E-state index contributed by atoms with van der Waals surface area (Å²) in [6.45, 7) is 6.46. The van der Waals surface area contributed by atoms with Crippen LogP contribution < -0.4 is 10.6 Å². The number of amides is 1. The van der Waals surface area contributed by atoms with Crippen molar-refractivity contribution < 1.29 is 4.79 Å². The summed E-state index contributed by atoms with van der Waals surface area (Å²) < 4.78 is 0. The Kier molecular flexibility index (Phi) is 5.42. The molecule has 0 radical (unpaired) electrons. The van der Waals surface area contributed by atoms with Crippen LogP contribution in [0.1, 0.15) is 60.7 Å². The van der Waals surface area contributed by atoms with E-state index in [0.717, 1.165) is 18.5 Å². The van der Waals surface area contributed by atoms with E-state index in [1.165, 1.54) is 29.5 Å². The number of hydrogen-bond donors (Lipinski definition) is 2. The molecule has 4 heteroatoms. The monoisotopic (exact) mass is 366 g/mol. The van der Waals surface area contributed by atoms with Crippen LogP contribution in [0.25, 0.3) is 0 Å². The summed E-state index contributed by atoms with van der Waals surface area (Å²) >= 11 is 5.36. The number of aryl methyl sites for hydroxylation is 1. The van der Waals surface area contributed by atoms with Gasteiger partial charge in [-0.1, -0.05) is 45.0 Å². The van der Waals surface area contributed by atoms with Crippen molar-refractivity contribution in [2.24, 2.45) is 0 Å². The van der Waals surface area contributed by atoms with Crippen LogP contribution in [0.2, 0.25) is 0 Å². The molecule has 2 aromatic rings. The summed E-state index contributed by atoms with van der Waals surface area (Å²) in [5.41, 5.74) is 5.59. The normalized spacial score (nSPS) is 13.7. The van der Waals surface area contributed by atoms with E-state index in [1.54, 1.807) is 0 Å². The van der Waals surface area contributed by atoms with Gasteiger partial charge in [0.2, 0.25) is 0 Å². The second kappa shape index (κ2) is 7.58. The second-order valence-electron chi connectivity index (χ2n) is 7.89. The standard InChI is InChI=1S/C22H26N2OS/c1-22(2,3)17-13-11-16(12-14-17)20(25)24-21(26)23-19-10-6-8-15-7-4-5-9-18(15)19/h6,8,10-14H,4-5,7,9H2,1-3H3,(H2,23,24,25,26). The maximum absolute atomic E-state index is 12.5. The van der Waals surface area contributed by atoms with Crippen LogP contribution in [0, 0.1) is 0 Å². The van der Waals surface area contributed by atoms with E-state index < -0.39 is 0 Å². The van der Waals surface area contributed by atoms with Crippen molar-refractivity contribution in [2.45, 2.75) is 51.9 Å². The quantitative estimate of drug-likeness (QED) is 0.736. The van der Waals surface area contributed by atoms with Gasteiger partial charge in [0.15, 0.2) is 5.11 Å². The van der Waals surface area contributed by atoms with Gasteiger partial charge in [0.05, 0.1) is 0 Å². The van der Waals surface area contributed by atoms with Gasteiger partial charge in [-0.15, -0.1) is 0 Å². The first-order valence-corrected chi connectivity index (χ1v) is 9.59. The summed E-state index contributed by atoms with van der Waals surface area (Å²) in [6, 6.07) is 13.9. The molecule has 0 bridgehead atoms. The Balaban J connectivity index is 1.66. The summed E-state index contributed by atoms with van der Waals surface area (Å²) in [4.78, 5) is 12.5. The Morgan fingerprint density at radius 3 is 2.38 bits per heavy atom. The van der Waals surface area contributed by atoms with Crippen molar-refractivity contribution in [1.29, 1.82) is 0 Å². The van der Waals surface area contributed by atoms with E-state index in [1.807, 2.05) is 36.4 Å². The number of fused-ring (bicyclic) bond motifs is 1. The lowest BCUT2D eigenvalue weighted by Crippen LogP contribution is -2.34. The molecule has 1 aliphatic rings. The number of carbonyl (C=O) groups is 1. The highest BCUT2D eigenvalue weighted by molar-refractivity contribution is 7.80. The lowest BCUT2D eigenvalue weighted by molar-refractivity contribution is 0.0977. The molecular formula is C22H26N2OS. The van der Waals surface area contributed by atoms with Gasteiger partial charge >= 0.3 is 0 Å². The average Bonchev–Trinajstić information content (AvgIpc) is 2.61. The van der Waals surface area contributed by atoms with Gasteiger partial charge in [0.25, 0.3) is 5.91 Å². The first-order chi connectivity index (χ1) is 12.3. The van der Waals surface area contributed by atoms with Gasteiger partial charge in [0, 0.05) is 11.3 Å². The molecule has 3 rings (SSSR count). The van der Waals surface area contributed by atoms with Crippen LogP contribution in [0.4, 0.5) is 5.69 Å². The maximum Gasteiger partial charge on any atom is 0.257 e. The van der Waals surface area contributed by atoms with E-state index in [0.29, 0.717) is 10.7 Å². The molecule has 1 amide bonds. The highest BCUT2D eigenvalue weighted by Gasteiger charge is 2.16. The topological polar surface area (TPSA) is 41.1 Å². The number of thiocarbonyl (C=S) groups is 1. The summed E-state index contributed by atoms with van der Waals surface area (Å²) in [7, 11) is 0. The minimum Gasteiger partial charge on any atom is -0.332 e. The van der Waals surface area contributed by atoms with E-state index >= 15 is 0 Å². The van der Waals surface area contributed by atoms with Crippen molar-refractivity contribution in [1.82, 2.24) is 5.32 Å². The Bertz CT molecular complexity index is 819. The van der Waals surface area contributed by atoms with Gasteiger partial charge in [-0.3, -0.25) is 10.1 Å². The van der Waals surface area contributed by atoms with E-state index in [4.69, 9.17) is 12.2 Å². The molecule has 0 saturated heterocycles. The van der Waals surface area contributed by atoms with Crippen molar-refractivity contribution in [3.8, 4) is 0 Å². The molecule has 2 aromatic carbocycles. The third-order valence-corrected chi connectivity index (χ3v) is 5.09. The third kappa shape index (κ3) is 4.31. The summed E-state index contributed by atoms with van der Waals surface area (Å²) in [5.74, 6) is -0.187. The highest BCUT2D eigenvalue weighted by atomic mass is 32.1. The Labute approximate surface area is 161 Å². The number of nitrogens with one attached hydrogen (secondary N) is 2. The number of anilines is 1. The zero-order valence-corrected chi connectivity index (χ0v) is 16.5. The molecule has 0 spiro atoms. The number of benzene rings is 2. The minimum atomic E-state index is -0.187. The van der Waals surface area contributed by atoms with Crippen molar-refractivity contribution >= 4 is 28.9 Å². The molecule has 26 heavy (non-hydrogen) atoms. The van der Waals surface area contributed by atoms with Crippen molar-refractivity contribution in [2.75, 3.05) is 5.32 Å². The number of hydrogen-bond acceptors (Lipinski definition) is 2. The molecule has 136 valence electrons. The van der Waals surface area contributed by atoms with Crippen LogP contribution in [0.15, 0.2) is 42.5 Å². The molecule has 2 N–H and O–H groups in total. The molecule has 0 heterocycles. The molecule has 0 fully saturated rings. The average molecular weight is 367 g/mol. The SMILES string of the molecule is CC(C)(C)c1ccc(C(=O)NC(=S)Nc2cccc3c2CCCC3)cc1. The molecule has 0 unspecified atom stereocenters. The van der Waals surface area contributed by atoms with Crippen LogP contribution in [-0.2, 0) is 18.3 Å². The Hall–Kier alpha value is -2.20. The first kappa shape index (κ1) is 18.6. The van der Waals surface area contributed by atoms with Gasteiger partial charge in [-0.05, 0) is 78.2 Å². The van der Waals surface area contributed by atoms with Gasteiger partial charge < -0.3 is 5.32 Å². The molecule has 0 atom stereocenters. The lowest BCUT2D eigenvalue weighted by Gasteiger charge is -2.20. The van der Waals surface area contributed by atoms with E-state index in [9.17, 15) is 4.79 Å². The fourth-order valence-electron chi connectivity index (χ4n) is 3.35. The molecule has 0 saturated carbocycles.